The van der Waals surface area contributed by atoms with Crippen LogP contribution in [0.4, 0.5) is 11.8 Å². The van der Waals surface area contributed by atoms with Gasteiger partial charge in [-0.15, -0.1) is 0 Å². The van der Waals surface area contributed by atoms with Gasteiger partial charge in [-0.1, -0.05) is 12.7 Å². The lowest BCUT2D eigenvalue weighted by atomic mass is 10.1. The minimum atomic E-state index is 0.0797. The zero-order chi connectivity index (χ0) is 15.4. The number of aromatic nitrogens is 2. The zero-order valence-electron chi connectivity index (χ0n) is 11.8. The summed E-state index contributed by atoms with van der Waals surface area (Å²) in [6.45, 7) is 3.74. The summed E-state index contributed by atoms with van der Waals surface area (Å²) in [5.41, 5.74) is 11.9. The summed E-state index contributed by atoms with van der Waals surface area (Å²) in [7, 11) is 3.09. The van der Waals surface area contributed by atoms with Crippen LogP contribution in [0.25, 0.3) is 6.08 Å². The van der Waals surface area contributed by atoms with E-state index in [4.69, 9.17) is 25.7 Å². The van der Waals surface area contributed by atoms with Gasteiger partial charge in [-0.25, -0.2) is 4.98 Å². The summed E-state index contributed by atoms with van der Waals surface area (Å²) < 4.78 is 16.2. The average molecular weight is 288 g/mol. The van der Waals surface area contributed by atoms with Gasteiger partial charge in [-0.2, -0.15) is 4.98 Å². The monoisotopic (exact) mass is 288 g/mol. The molecule has 21 heavy (non-hydrogen) atoms. The van der Waals surface area contributed by atoms with Crippen molar-refractivity contribution in [1.82, 2.24) is 9.97 Å². The number of nitrogens with two attached hydrogens (primary N) is 2. The summed E-state index contributed by atoms with van der Waals surface area (Å²) in [6.07, 6.45) is 3.03. The molecule has 0 radical (unpaired) electrons. The van der Waals surface area contributed by atoms with Crippen LogP contribution in [-0.4, -0.2) is 24.2 Å². The molecule has 0 spiro atoms. The molecule has 0 aliphatic carbocycles. The molecule has 1 heterocycles. The Balaban J connectivity index is 2.45. The number of nitrogen functional groups attached to an aromatic ring is 2. The van der Waals surface area contributed by atoms with Crippen molar-refractivity contribution < 1.29 is 14.2 Å². The molecule has 0 saturated heterocycles. The van der Waals surface area contributed by atoms with Gasteiger partial charge in [0.2, 0.25) is 5.95 Å². The first-order valence-electron chi connectivity index (χ1n) is 6.03. The zero-order valence-corrected chi connectivity index (χ0v) is 11.8. The fourth-order valence-corrected chi connectivity index (χ4v) is 1.72. The third kappa shape index (κ3) is 2.97. The van der Waals surface area contributed by atoms with Crippen LogP contribution in [0.1, 0.15) is 5.56 Å². The first-order chi connectivity index (χ1) is 10.1. The molecule has 0 aliphatic heterocycles. The Morgan fingerprint density at radius 2 is 1.71 bits per heavy atom. The summed E-state index contributed by atoms with van der Waals surface area (Å²) in [6, 6.07) is 3.42. The summed E-state index contributed by atoms with van der Waals surface area (Å²) in [4.78, 5) is 7.69. The number of anilines is 2. The molecule has 0 unspecified atom stereocenters. The highest BCUT2D eigenvalue weighted by Crippen LogP contribution is 2.38. The number of rotatable bonds is 5. The second-order valence-electron chi connectivity index (χ2n) is 4.03. The van der Waals surface area contributed by atoms with E-state index >= 15 is 0 Å². The molecule has 2 rings (SSSR count). The van der Waals surface area contributed by atoms with Crippen LogP contribution in [0.5, 0.6) is 23.0 Å². The molecule has 1 aromatic carbocycles. The number of methoxy groups -OCH3 is 2. The molecule has 0 fully saturated rings. The number of nitrogens with zero attached hydrogens (tertiary/aromatic N) is 2. The van der Waals surface area contributed by atoms with Crippen molar-refractivity contribution in [3.05, 3.63) is 30.5 Å². The maximum Gasteiger partial charge on any atom is 0.222 e. The van der Waals surface area contributed by atoms with E-state index in [1.165, 1.54) is 13.3 Å². The largest absolute Gasteiger partial charge is 0.493 e. The Labute approximate surface area is 122 Å². The number of hydrogen-bond donors (Lipinski definition) is 2. The molecule has 1 aromatic heterocycles. The summed E-state index contributed by atoms with van der Waals surface area (Å²) >= 11 is 0. The van der Waals surface area contributed by atoms with E-state index < -0.39 is 0 Å². The quantitative estimate of drug-likeness (QED) is 0.867. The molecular weight excluding hydrogens is 272 g/mol. The van der Waals surface area contributed by atoms with Crippen molar-refractivity contribution in [2.45, 2.75) is 0 Å². The van der Waals surface area contributed by atoms with Gasteiger partial charge in [0, 0.05) is 11.6 Å². The number of ether oxygens (including phenoxy) is 3. The first-order valence-corrected chi connectivity index (χ1v) is 6.03. The predicted molar refractivity (Wildman–Crippen MR) is 80.6 cm³/mol. The Bertz CT molecular complexity index is 674. The minimum Gasteiger partial charge on any atom is -0.493 e. The predicted octanol–water partition coefficient (Wildman–Crippen LogP) is 2.09. The van der Waals surface area contributed by atoms with Crippen LogP contribution in [0.2, 0.25) is 0 Å². The highest BCUT2D eigenvalue weighted by Gasteiger charge is 2.13. The Morgan fingerprint density at radius 3 is 2.29 bits per heavy atom. The van der Waals surface area contributed by atoms with E-state index in [-0.39, 0.29) is 11.8 Å². The van der Waals surface area contributed by atoms with E-state index in [9.17, 15) is 0 Å². The highest BCUT2D eigenvalue weighted by molar-refractivity contribution is 5.64. The lowest BCUT2D eigenvalue weighted by Gasteiger charge is -2.14. The van der Waals surface area contributed by atoms with Gasteiger partial charge in [-0.05, 0) is 6.07 Å². The molecule has 7 nitrogen and oxygen atoms in total. The SMILES string of the molecule is C=Cc1cc(OC)c(OC)cc1Oc1cnc(N)nc1N. The van der Waals surface area contributed by atoms with Crippen molar-refractivity contribution in [3.63, 3.8) is 0 Å². The van der Waals surface area contributed by atoms with Crippen LogP contribution in [0.15, 0.2) is 24.9 Å². The van der Waals surface area contributed by atoms with Crippen molar-refractivity contribution >= 4 is 17.8 Å². The highest BCUT2D eigenvalue weighted by atomic mass is 16.5. The van der Waals surface area contributed by atoms with Crippen LogP contribution in [0, 0.1) is 0 Å². The molecule has 0 aliphatic rings. The second kappa shape index (κ2) is 6.00. The fourth-order valence-electron chi connectivity index (χ4n) is 1.72. The Kier molecular flexibility index (Phi) is 4.13. The van der Waals surface area contributed by atoms with Gasteiger partial charge in [-0.3, -0.25) is 0 Å². The van der Waals surface area contributed by atoms with Gasteiger partial charge >= 0.3 is 0 Å². The fraction of sp³-hybridized carbons (Fsp3) is 0.143. The molecule has 2 aromatic rings. The third-order valence-corrected chi connectivity index (χ3v) is 2.76. The summed E-state index contributed by atoms with van der Waals surface area (Å²) in [5, 5.41) is 0. The van der Waals surface area contributed by atoms with E-state index in [0.29, 0.717) is 28.6 Å². The second-order valence-corrected chi connectivity index (χ2v) is 4.03. The van der Waals surface area contributed by atoms with Crippen LogP contribution in [0.3, 0.4) is 0 Å². The Morgan fingerprint density at radius 1 is 1.05 bits per heavy atom. The third-order valence-electron chi connectivity index (χ3n) is 2.76. The maximum atomic E-state index is 5.75. The average Bonchev–Trinajstić information content (AvgIpc) is 2.49. The van der Waals surface area contributed by atoms with Gasteiger partial charge in [0.15, 0.2) is 23.1 Å². The van der Waals surface area contributed by atoms with E-state index in [1.807, 2.05) is 0 Å². The molecule has 0 amide bonds. The molecule has 0 bridgehead atoms. The van der Waals surface area contributed by atoms with Crippen molar-refractivity contribution in [3.8, 4) is 23.0 Å². The van der Waals surface area contributed by atoms with Crippen molar-refractivity contribution in [2.24, 2.45) is 0 Å². The molecule has 7 heteroatoms. The van der Waals surface area contributed by atoms with Gasteiger partial charge < -0.3 is 25.7 Å². The lowest BCUT2D eigenvalue weighted by molar-refractivity contribution is 0.352. The van der Waals surface area contributed by atoms with Crippen LogP contribution >= 0.6 is 0 Å². The van der Waals surface area contributed by atoms with Gasteiger partial charge in [0.05, 0.1) is 20.4 Å². The smallest absolute Gasteiger partial charge is 0.222 e. The summed E-state index contributed by atoms with van der Waals surface area (Å²) in [5.74, 6) is 2.10. The molecule has 0 atom stereocenters. The van der Waals surface area contributed by atoms with Crippen molar-refractivity contribution in [1.29, 1.82) is 0 Å². The maximum absolute atomic E-state index is 5.75. The minimum absolute atomic E-state index is 0.0797. The first kappa shape index (κ1) is 14.4. The van der Waals surface area contributed by atoms with Gasteiger partial charge in [0.25, 0.3) is 0 Å². The molecule has 110 valence electrons. The van der Waals surface area contributed by atoms with Crippen LogP contribution in [-0.2, 0) is 0 Å². The van der Waals surface area contributed by atoms with E-state index in [0.717, 1.165) is 0 Å². The van der Waals surface area contributed by atoms with E-state index in [2.05, 4.69) is 16.5 Å². The Hall–Kier alpha value is -2.96. The van der Waals surface area contributed by atoms with Crippen molar-refractivity contribution in [2.75, 3.05) is 25.7 Å². The number of benzene rings is 1. The molecule has 0 saturated carbocycles. The van der Waals surface area contributed by atoms with E-state index in [1.54, 1.807) is 25.3 Å². The lowest BCUT2D eigenvalue weighted by Crippen LogP contribution is -2.02. The van der Waals surface area contributed by atoms with Gasteiger partial charge in [0.1, 0.15) is 5.75 Å². The van der Waals surface area contributed by atoms with Crippen LogP contribution < -0.4 is 25.7 Å². The topological polar surface area (TPSA) is 106 Å². The molecular formula is C14H16N4O3. The number of hydrogen-bond acceptors (Lipinski definition) is 7. The molecule has 4 N–H and O–H groups in total. The normalized spacial score (nSPS) is 10.0. The standard InChI is InChI=1S/C14H16N4O3/c1-4-8-5-10(19-2)11(20-3)6-9(8)21-12-7-17-14(16)18-13(12)15/h4-7H,1H2,2-3H3,(H4,15,16,17,18).